The van der Waals surface area contributed by atoms with Crippen LogP contribution in [-0.2, 0) is 0 Å². The van der Waals surface area contributed by atoms with Crippen LogP contribution in [0, 0.1) is 0 Å². The van der Waals surface area contributed by atoms with Gasteiger partial charge in [0.1, 0.15) is 11.4 Å². The van der Waals surface area contributed by atoms with Crippen molar-refractivity contribution in [3.05, 3.63) is 105 Å². The van der Waals surface area contributed by atoms with E-state index in [2.05, 4.69) is 9.97 Å². The fraction of sp³-hybridized carbons (Fsp3) is 0. The molecule has 0 radical (unpaired) electrons. The molecule has 0 aliphatic heterocycles. The molecule has 0 saturated heterocycles. The molecule has 0 aliphatic rings. The van der Waals surface area contributed by atoms with Crippen molar-refractivity contribution in [2.24, 2.45) is 0 Å². The third-order valence-corrected chi connectivity index (χ3v) is 5.58. The van der Waals surface area contributed by atoms with Gasteiger partial charge in [-0.2, -0.15) is 0 Å². The third-order valence-electron chi connectivity index (χ3n) is 4.49. The summed E-state index contributed by atoms with van der Waals surface area (Å²) in [5.74, 6) is -0.349. The van der Waals surface area contributed by atoms with Crippen LogP contribution in [0.3, 0.4) is 0 Å². The summed E-state index contributed by atoms with van der Waals surface area (Å²) >= 11 is 24.8. The van der Waals surface area contributed by atoms with Gasteiger partial charge in [-0.15, -0.1) is 0 Å². The van der Waals surface area contributed by atoms with E-state index < -0.39 is 0 Å². The fourth-order valence-electron chi connectivity index (χ4n) is 3.14. The first kappa shape index (κ1) is 20.8. The molecule has 0 aliphatic carbocycles. The van der Waals surface area contributed by atoms with E-state index in [1.54, 1.807) is 73.1 Å². The van der Waals surface area contributed by atoms with Gasteiger partial charge in [-0.05, 0) is 36.4 Å². The number of hydrogen-bond donors (Lipinski definition) is 0. The molecule has 30 heavy (non-hydrogen) atoms. The Bertz CT molecular complexity index is 1180. The van der Waals surface area contributed by atoms with Gasteiger partial charge in [-0.3, -0.25) is 14.8 Å². The zero-order valence-electron chi connectivity index (χ0n) is 15.2. The molecule has 7 heteroatoms. The smallest absolute Gasteiger partial charge is 0.230 e. The van der Waals surface area contributed by atoms with Gasteiger partial charge in [0.05, 0.1) is 0 Å². The number of carbonyl (C=O) groups is 1. The van der Waals surface area contributed by atoms with Crippen molar-refractivity contribution in [1.82, 2.24) is 9.97 Å². The number of halogens is 4. The molecular formula is C23H12Cl4N2O. The highest BCUT2D eigenvalue weighted by Crippen LogP contribution is 2.35. The first-order valence-electron chi connectivity index (χ1n) is 8.81. The summed E-state index contributed by atoms with van der Waals surface area (Å²) < 4.78 is 0. The Balaban J connectivity index is 1.87. The van der Waals surface area contributed by atoms with E-state index in [0.717, 1.165) is 0 Å². The lowest BCUT2D eigenvalue weighted by Gasteiger charge is -2.12. The summed E-state index contributed by atoms with van der Waals surface area (Å²) in [7, 11) is 0. The Morgan fingerprint density at radius 3 is 1.43 bits per heavy atom. The first-order chi connectivity index (χ1) is 14.5. The number of aromatic nitrogens is 2. The van der Waals surface area contributed by atoms with Crippen molar-refractivity contribution in [3.63, 3.8) is 0 Å². The van der Waals surface area contributed by atoms with E-state index in [1.165, 1.54) is 0 Å². The number of carbonyl (C=O) groups excluding carboxylic acids is 1. The fourth-order valence-corrected chi connectivity index (χ4v) is 4.16. The van der Waals surface area contributed by atoms with Gasteiger partial charge in [0.15, 0.2) is 0 Å². The van der Waals surface area contributed by atoms with Crippen LogP contribution in [0.4, 0.5) is 0 Å². The Hall–Kier alpha value is -2.43. The average Bonchev–Trinajstić information content (AvgIpc) is 2.73. The number of nitrogens with zero attached hydrogens (tertiary/aromatic N) is 2. The van der Waals surface area contributed by atoms with Crippen molar-refractivity contribution in [2.75, 3.05) is 0 Å². The van der Waals surface area contributed by atoms with Crippen molar-refractivity contribution in [3.8, 4) is 22.3 Å². The van der Waals surface area contributed by atoms with Gasteiger partial charge >= 0.3 is 0 Å². The highest BCUT2D eigenvalue weighted by Gasteiger charge is 2.23. The largest absolute Gasteiger partial charge is 0.285 e. The molecule has 4 rings (SSSR count). The molecule has 0 saturated carbocycles. The van der Waals surface area contributed by atoms with Crippen molar-refractivity contribution in [1.29, 1.82) is 0 Å². The molecule has 2 heterocycles. The number of hydrogen-bond acceptors (Lipinski definition) is 3. The molecule has 2 aromatic carbocycles. The number of ketones is 1. The molecule has 148 valence electrons. The second kappa shape index (κ2) is 8.75. The van der Waals surface area contributed by atoms with Gasteiger partial charge in [-0.25, -0.2) is 0 Å². The van der Waals surface area contributed by atoms with Gasteiger partial charge < -0.3 is 0 Å². The van der Waals surface area contributed by atoms with Crippen LogP contribution in [0.25, 0.3) is 22.3 Å². The highest BCUT2D eigenvalue weighted by molar-refractivity contribution is 6.37. The first-order valence-corrected chi connectivity index (χ1v) is 10.3. The molecule has 4 aromatic rings. The average molecular weight is 474 g/mol. The Morgan fingerprint density at radius 2 is 1.03 bits per heavy atom. The van der Waals surface area contributed by atoms with Crippen LogP contribution in [0.5, 0.6) is 0 Å². The Labute approximate surface area is 193 Å². The van der Waals surface area contributed by atoms with Crippen LogP contribution in [0.2, 0.25) is 20.1 Å². The lowest BCUT2D eigenvalue weighted by molar-refractivity contribution is 0.103. The number of pyridine rings is 2. The standard InChI is InChI=1S/C23H12Cl4N2O/c24-13-5-7-15(19(26)11-13)17-3-1-9-28-21(17)23(30)22-18(4-2-10-29-22)16-8-6-14(25)12-20(16)27/h1-12H. The molecule has 0 bridgehead atoms. The van der Waals surface area contributed by atoms with Crippen molar-refractivity contribution < 1.29 is 4.79 Å². The molecule has 0 unspecified atom stereocenters. The molecule has 0 amide bonds. The molecule has 2 aromatic heterocycles. The summed E-state index contributed by atoms with van der Waals surface area (Å²) in [6.07, 6.45) is 3.11. The molecule has 3 nitrogen and oxygen atoms in total. The van der Waals surface area contributed by atoms with E-state index in [1.807, 2.05) is 0 Å². The maximum atomic E-state index is 13.5. The minimum atomic E-state index is -0.349. The molecule has 0 N–H and O–H groups in total. The van der Waals surface area contributed by atoms with Gasteiger partial charge in [-0.1, -0.05) is 70.7 Å². The quantitative estimate of drug-likeness (QED) is 0.286. The van der Waals surface area contributed by atoms with Gasteiger partial charge in [0.2, 0.25) is 5.78 Å². The SMILES string of the molecule is O=C(c1ncccc1-c1ccc(Cl)cc1Cl)c1ncccc1-c1ccc(Cl)cc1Cl. The maximum absolute atomic E-state index is 13.5. The predicted octanol–water partition coefficient (Wildman–Crippen LogP) is 7.66. The summed E-state index contributed by atoms with van der Waals surface area (Å²) in [5.41, 5.74) is 2.93. The zero-order chi connectivity index (χ0) is 21.3. The number of benzene rings is 2. The van der Waals surface area contributed by atoms with Crippen LogP contribution in [0.1, 0.15) is 16.2 Å². The van der Waals surface area contributed by atoms with Crippen LogP contribution in [-0.4, -0.2) is 15.8 Å². The minimum absolute atomic E-state index is 0.228. The van der Waals surface area contributed by atoms with Gasteiger partial charge in [0, 0.05) is 54.7 Å². The van der Waals surface area contributed by atoms with E-state index in [0.29, 0.717) is 42.3 Å². The lowest BCUT2D eigenvalue weighted by Crippen LogP contribution is -2.10. The monoisotopic (exact) mass is 472 g/mol. The van der Waals surface area contributed by atoms with Crippen LogP contribution >= 0.6 is 46.4 Å². The van der Waals surface area contributed by atoms with Crippen molar-refractivity contribution in [2.45, 2.75) is 0 Å². The zero-order valence-corrected chi connectivity index (χ0v) is 18.3. The summed E-state index contributed by atoms with van der Waals surface area (Å²) in [6, 6.07) is 17.2. The van der Waals surface area contributed by atoms with Crippen molar-refractivity contribution >= 4 is 52.2 Å². The summed E-state index contributed by atoms with van der Waals surface area (Å²) in [6.45, 7) is 0. The third kappa shape index (κ3) is 4.07. The van der Waals surface area contributed by atoms with E-state index in [4.69, 9.17) is 46.4 Å². The normalized spacial score (nSPS) is 10.8. The molecular weight excluding hydrogens is 462 g/mol. The summed E-state index contributed by atoms with van der Waals surface area (Å²) in [4.78, 5) is 22.2. The highest BCUT2D eigenvalue weighted by atomic mass is 35.5. The van der Waals surface area contributed by atoms with E-state index in [-0.39, 0.29) is 17.2 Å². The molecule has 0 atom stereocenters. The van der Waals surface area contributed by atoms with Crippen LogP contribution < -0.4 is 0 Å². The summed E-state index contributed by atoms with van der Waals surface area (Å²) in [5, 5.41) is 1.85. The Morgan fingerprint density at radius 1 is 0.600 bits per heavy atom. The molecule has 0 fully saturated rings. The van der Waals surface area contributed by atoms with Gasteiger partial charge in [0.25, 0.3) is 0 Å². The predicted molar refractivity (Wildman–Crippen MR) is 123 cm³/mol. The second-order valence-corrected chi connectivity index (χ2v) is 8.06. The maximum Gasteiger partial charge on any atom is 0.230 e. The lowest BCUT2D eigenvalue weighted by atomic mass is 9.96. The van der Waals surface area contributed by atoms with E-state index in [9.17, 15) is 4.79 Å². The Kier molecular flexibility index (Phi) is 6.07. The topological polar surface area (TPSA) is 42.9 Å². The van der Waals surface area contributed by atoms with Crippen LogP contribution in [0.15, 0.2) is 73.1 Å². The molecule has 0 spiro atoms. The second-order valence-electron chi connectivity index (χ2n) is 6.38. The number of rotatable bonds is 4. The minimum Gasteiger partial charge on any atom is -0.285 e. The van der Waals surface area contributed by atoms with E-state index >= 15 is 0 Å².